The molecule has 1 aliphatic heterocycles. The Morgan fingerprint density at radius 3 is 2.60 bits per heavy atom. The SMILES string of the molecule is Cc1c(C(=O)N2CCC(OCC(=O)O)CC2)cnn1C. The molecule has 2 rings (SSSR count). The van der Waals surface area contributed by atoms with Gasteiger partial charge in [-0.1, -0.05) is 0 Å². The van der Waals surface area contributed by atoms with Crippen LogP contribution < -0.4 is 0 Å². The Morgan fingerprint density at radius 2 is 2.10 bits per heavy atom. The minimum atomic E-state index is -0.963. The molecule has 0 atom stereocenters. The van der Waals surface area contributed by atoms with Gasteiger partial charge in [-0.2, -0.15) is 5.10 Å². The number of carbonyl (C=O) groups excluding carboxylic acids is 1. The zero-order chi connectivity index (χ0) is 14.7. The van der Waals surface area contributed by atoms with Crippen LogP contribution in [-0.4, -0.2) is 57.5 Å². The smallest absolute Gasteiger partial charge is 0.329 e. The monoisotopic (exact) mass is 281 g/mol. The van der Waals surface area contributed by atoms with Crippen molar-refractivity contribution < 1.29 is 19.4 Å². The number of aryl methyl sites for hydroxylation is 1. The summed E-state index contributed by atoms with van der Waals surface area (Å²) in [6, 6.07) is 0. The quantitative estimate of drug-likeness (QED) is 0.865. The highest BCUT2D eigenvalue weighted by Gasteiger charge is 2.26. The molecule has 0 spiro atoms. The number of aliphatic carboxylic acids is 1. The molecule has 20 heavy (non-hydrogen) atoms. The number of amides is 1. The predicted molar refractivity (Wildman–Crippen MR) is 70.5 cm³/mol. The molecular weight excluding hydrogens is 262 g/mol. The van der Waals surface area contributed by atoms with E-state index in [2.05, 4.69) is 5.10 Å². The van der Waals surface area contributed by atoms with E-state index in [0.29, 0.717) is 31.5 Å². The van der Waals surface area contributed by atoms with E-state index < -0.39 is 5.97 Å². The van der Waals surface area contributed by atoms with Crippen LogP contribution in [0.4, 0.5) is 0 Å². The second-order valence-corrected chi connectivity index (χ2v) is 4.96. The number of hydrogen-bond donors (Lipinski definition) is 1. The van der Waals surface area contributed by atoms with Gasteiger partial charge in [-0.3, -0.25) is 9.48 Å². The van der Waals surface area contributed by atoms with Crippen molar-refractivity contribution in [2.24, 2.45) is 7.05 Å². The number of piperidine rings is 1. The summed E-state index contributed by atoms with van der Waals surface area (Å²) in [6.07, 6.45) is 2.84. The molecule has 1 fully saturated rings. The van der Waals surface area contributed by atoms with Crippen LogP contribution in [0.3, 0.4) is 0 Å². The molecule has 2 heterocycles. The molecule has 1 aromatic heterocycles. The van der Waals surface area contributed by atoms with Crippen molar-refractivity contribution in [3.8, 4) is 0 Å². The lowest BCUT2D eigenvalue weighted by molar-refractivity contribution is -0.145. The van der Waals surface area contributed by atoms with Crippen molar-refractivity contribution in [1.82, 2.24) is 14.7 Å². The first-order chi connectivity index (χ1) is 9.49. The van der Waals surface area contributed by atoms with Crippen molar-refractivity contribution in [3.05, 3.63) is 17.5 Å². The van der Waals surface area contributed by atoms with Gasteiger partial charge in [0.2, 0.25) is 0 Å². The van der Waals surface area contributed by atoms with E-state index in [1.807, 2.05) is 6.92 Å². The molecule has 110 valence electrons. The van der Waals surface area contributed by atoms with Gasteiger partial charge in [-0.15, -0.1) is 0 Å². The van der Waals surface area contributed by atoms with Crippen LogP contribution in [0.2, 0.25) is 0 Å². The van der Waals surface area contributed by atoms with Gasteiger partial charge in [-0.05, 0) is 19.8 Å². The number of hydrogen-bond acceptors (Lipinski definition) is 4. The zero-order valence-corrected chi connectivity index (χ0v) is 11.7. The fourth-order valence-electron chi connectivity index (χ4n) is 2.29. The maximum absolute atomic E-state index is 12.3. The summed E-state index contributed by atoms with van der Waals surface area (Å²) >= 11 is 0. The molecule has 0 saturated carbocycles. The number of nitrogens with zero attached hydrogens (tertiary/aromatic N) is 3. The van der Waals surface area contributed by atoms with Crippen molar-refractivity contribution in [3.63, 3.8) is 0 Å². The molecule has 0 bridgehead atoms. The van der Waals surface area contributed by atoms with Crippen LogP contribution in [0.25, 0.3) is 0 Å². The van der Waals surface area contributed by atoms with Crippen molar-refractivity contribution >= 4 is 11.9 Å². The summed E-state index contributed by atoms with van der Waals surface area (Å²) in [5.41, 5.74) is 1.47. The number of ether oxygens (including phenoxy) is 1. The molecule has 7 heteroatoms. The number of carboxylic acids is 1. The van der Waals surface area contributed by atoms with Gasteiger partial charge in [0.25, 0.3) is 5.91 Å². The van der Waals surface area contributed by atoms with E-state index >= 15 is 0 Å². The van der Waals surface area contributed by atoms with E-state index in [1.165, 1.54) is 0 Å². The Hall–Kier alpha value is -1.89. The topological polar surface area (TPSA) is 84.7 Å². The highest BCUT2D eigenvalue weighted by molar-refractivity contribution is 5.95. The van der Waals surface area contributed by atoms with Gasteiger partial charge in [0.05, 0.1) is 17.9 Å². The molecule has 1 aliphatic rings. The molecule has 1 amide bonds. The summed E-state index contributed by atoms with van der Waals surface area (Å²) in [5.74, 6) is -0.984. The fraction of sp³-hybridized carbons (Fsp3) is 0.615. The van der Waals surface area contributed by atoms with E-state index in [9.17, 15) is 9.59 Å². The third kappa shape index (κ3) is 3.16. The molecule has 0 aromatic carbocycles. The highest BCUT2D eigenvalue weighted by Crippen LogP contribution is 2.17. The Labute approximate surface area is 117 Å². The first-order valence-corrected chi connectivity index (χ1v) is 6.60. The third-order valence-electron chi connectivity index (χ3n) is 3.64. The molecule has 0 aliphatic carbocycles. The van der Waals surface area contributed by atoms with E-state index in [-0.39, 0.29) is 18.6 Å². The molecule has 1 N–H and O–H groups in total. The Kier molecular flexibility index (Phi) is 4.39. The summed E-state index contributed by atoms with van der Waals surface area (Å²) in [6.45, 7) is 2.75. The van der Waals surface area contributed by atoms with Gasteiger partial charge in [-0.25, -0.2) is 4.79 Å². The summed E-state index contributed by atoms with van der Waals surface area (Å²) in [4.78, 5) is 24.6. The number of carboxylic acid groups (broad SMARTS) is 1. The largest absolute Gasteiger partial charge is 0.480 e. The van der Waals surface area contributed by atoms with E-state index in [1.54, 1.807) is 22.8 Å². The number of likely N-dealkylation sites (tertiary alicyclic amines) is 1. The van der Waals surface area contributed by atoms with Gasteiger partial charge >= 0.3 is 5.97 Å². The number of carbonyl (C=O) groups is 2. The molecule has 0 radical (unpaired) electrons. The van der Waals surface area contributed by atoms with Crippen LogP contribution >= 0.6 is 0 Å². The maximum Gasteiger partial charge on any atom is 0.329 e. The number of rotatable bonds is 4. The molecule has 7 nitrogen and oxygen atoms in total. The first kappa shape index (κ1) is 14.5. The van der Waals surface area contributed by atoms with Crippen molar-refractivity contribution in [1.29, 1.82) is 0 Å². The first-order valence-electron chi connectivity index (χ1n) is 6.60. The normalized spacial score (nSPS) is 16.4. The third-order valence-corrected chi connectivity index (χ3v) is 3.64. The average Bonchev–Trinajstić information content (AvgIpc) is 2.76. The van der Waals surface area contributed by atoms with Crippen LogP contribution in [0.15, 0.2) is 6.20 Å². The maximum atomic E-state index is 12.3. The van der Waals surface area contributed by atoms with Gasteiger partial charge in [0, 0.05) is 25.8 Å². The molecule has 0 unspecified atom stereocenters. The minimum Gasteiger partial charge on any atom is -0.480 e. The molecular formula is C13H19N3O4. The minimum absolute atomic E-state index is 0.0210. The summed E-state index contributed by atoms with van der Waals surface area (Å²) < 4.78 is 6.93. The number of aromatic nitrogens is 2. The summed E-state index contributed by atoms with van der Waals surface area (Å²) in [5, 5.41) is 12.6. The second-order valence-electron chi connectivity index (χ2n) is 4.96. The van der Waals surface area contributed by atoms with Crippen LogP contribution in [0.1, 0.15) is 28.9 Å². The van der Waals surface area contributed by atoms with Gasteiger partial charge in [0.1, 0.15) is 6.61 Å². The zero-order valence-electron chi connectivity index (χ0n) is 11.7. The Morgan fingerprint density at radius 1 is 1.45 bits per heavy atom. The average molecular weight is 281 g/mol. The highest BCUT2D eigenvalue weighted by atomic mass is 16.5. The van der Waals surface area contributed by atoms with Gasteiger partial charge < -0.3 is 14.7 Å². The van der Waals surface area contributed by atoms with Crippen LogP contribution in [-0.2, 0) is 16.6 Å². The Balaban J connectivity index is 1.89. The lowest BCUT2D eigenvalue weighted by Crippen LogP contribution is -2.41. The predicted octanol–water partition coefficient (Wildman–Crippen LogP) is 0.434. The lowest BCUT2D eigenvalue weighted by atomic mass is 10.1. The second kappa shape index (κ2) is 6.04. The van der Waals surface area contributed by atoms with Crippen LogP contribution in [0.5, 0.6) is 0 Å². The van der Waals surface area contributed by atoms with Crippen molar-refractivity contribution in [2.45, 2.75) is 25.9 Å². The fourth-order valence-corrected chi connectivity index (χ4v) is 2.29. The van der Waals surface area contributed by atoms with Crippen LogP contribution in [0, 0.1) is 6.92 Å². The summed E-state index contributed by atoms with van der Waals surface area (Å²) in [7, 11) is 1.80. The lowest BCUT2D eigenvalue weighted by Gasteiger charge is -2.31. The van der Waals surface area contributed by atoms with Crippen molar-refractivity contribution in [2.75, 3.05) is 19.7 Å². The standard InChI is InChI=1S/C13H19N3O4/c1-9-11(7-14-15(9)2)13(19)16-5-3-10(4-6-16)20-8-12(17)18/h7,10H,3-6,8H2,1-2H3,(H,17,18). The Bertz CT molecular complexity index is 504. The van der Waals surface area contributed by atoms with E-state index in [0.717, 1.165) is 5.69 Å². The molecule has 1 saturated heterocycles. The molecule has 1 aromatic rings. The van der Waals surface area contributed by atoms with Gasteiger partial charge in [0.15, 0.2) is 0 Å². The van der Waals surface area contributed by atoms with E-state index in [4.69, 9.17) is 9.84 Å².